The molecule has 1 atom stereocenters. The van der Waals surface area contributed by atoms with Gasteiger partial charge in [0.05, 0.1) is 6.04 Å². The summed E-state index contributed by atoms with van der Waals surface area (Å²) in [5.74, 6) is 0.790. The summed E-state index contributed by atoms with van der Waals surface area (Å²) in [6.07, 6.45) is -0.418. The lowest BCUT2D eigenvalue weighted by Crippen LogP contribution is -2.49. The summed E-state index contributed by atoms with van der Waals surface area (Å²) < 4.78 is 11.1. The molecule has 0 saturated heterocycles. The van der Waals surface area contributed by atoms with Crippen molar-refractivity contribution in [2.24, 2.45) is 5.41 Å². The van der Waals surface area contributed by atoms with E-state index in [4.69, 9.17) is 9.47 Å². The van der Waals surface area contributed by atoms with Crippen molar-refractivity contribution >= 4 is 6.09 Å². The highest BCUT2D eigenvalue weighted by Crippen LogP contribution is 2.21. The van der Waals surface area contributed by atoms with Crippen LogP contribution < -0.4 is 10.1 Å². The minimum Gasteiger partial charge on any atom is -0.491 e. The van der Waals surface area contributed by atoms with Crippen LogP contribution in [0.15, 0.2) is 30.3 Å². The molecule has 0 aromatic heterocycles. The van der Waals surface area contributed by atoms with Crippen molar-refractivity contribution in [3.8, 4) is 5.75 Å². The highest BCUT2D eigenvalue weighted by molar-refractivity contribution is 5.68. The van der Waals surface area contributed by atoms with Crippen molar-refractivity contribution in [1.29, 1.82) is 0 Å². The van der Waals surface area contributed by atoms with E-state index >= 15 is 0 Å². The number of carbonyl (C=O) groups excluding carboxylic acids is 1. The molecular weight excluding hydrogens is 266 g/mol. The van der Waals surface area contributed by atoms with Gasteiger partial charge in [0, 0.05) is 0 Å². The largest absolute Gasteiger partial charge is 0.491 e. The van der Waals surface area contributed by atoms with Gasteiger partial charge in [0.1, 0.15) is 18.0 Å². The Balaban J connectivity index is 2.63. The highest BCUT2D eigenvalue weighted by Gasteiger charge is 2.29. The molecule has 0 aliphatic heterocycles. The lowest BCUT2D eigenvalue weighted by atomic mass is 9.87. The van der Waals surface area contributed by atoms with Crippen LogP contribution in [0.1, 0.15) is 41.5 Å². The minimum atomic E-state index is -0.507. The fourth-order valence-electron chi connectivity index (χ4n) is 1.65. The summed E-state index contributed by atoms with van der Waals surface area (Å²) in [6.45, 7) is 12.1. The van der Waals surface area contributed by atoms with Crippen LogP contribution >= 0.6 is 0 Å². The molecule has 1 N–H and O–H groups in total. The monoisotopic (exact) mass is 293 g/mol. The summed E-state index contributed by atoms with van der Waals surface area (Å²) in [5, 5.41) is 2.90. The predicted molar refractivity (Wildman–Crippen MR) is 84.5 cm³/mol. The maximum Gasteiger partial charge on any atom is 0.408 e. The fraction of sp³-hybridized carbons (Fsp3) is 0.588. The number of hydrogen-bond donors (Lipinski definition) is 1. The molecule has 0 fully saturated rings. The molecule has 0 radical (unpaired) electrons. The number of nitrogens with one attached hydrogen (secondary N) is 1. The van der Waals surface area contributed by atoms with Crippen LogP contribution in [0.3, 0.4) is 0 Å². The van der Waals surface area contributed by atoms with Crippen molar-refractivity contribution in [2.45, 2.75) is 53.2 Å². The molecule has 0 aliphatic carbocycles. The van der Waals surface area contributed by atoms with Gasteiger partial charge in [-0.05, 0) is 38.3 Å². The molecule has 1 rings (SSSR count). The van der Waals surface area contributed by atoms with Gasteiger partial charge < -0.3 is 14.8 Å². The van der Waals surface area contributed by atoms with Crippen LogP contribution in [0, 0.1) is 5.41 Å². The Morgan fingerprint density at radius 2 is 1.67 bits per heavy atom. The van der Waals surface area contributed by atoms with Crippen molar-refractivity contribution in [3.63, 3.8) is 0 Å². The van der Waals surface area contributed by atoms with E-state index in [-0.39, 0.29) is 11.5 Å². The van der Waals surface area contributed by atoms with Gasteiger partial charge in [-0.25, -0.2) is 4.79 Å². The number of benzene rings is 1. The van der Waals surface area contributed by atoms with Crippen LogP contribution in [0.5, 0.6) is 5.75 Å². The maximum atomic E-state index is 11.9. The van der Waals surface area contributed by atoms with E-state index in [2.05, 4.69) is 26.1 Å². The van der Waals surface area contributed by atoms with Crippen molar-refractivity contribution in [2.75, 3.05) is 6.61 Å². The van der Waals surface area contributed by atoms with E-state index in [0.29, 0.717) is 6.61 Å². The third kappa shape index (κ3) is 7.02. The third-order valence-electron chi connectivity index (χ3n) is 2.90. The van der Waals surface area contributed by atoms with E-state index in [1.54, 1.807) is 0 Å². The normalized spacial score (nSPS) is 13.4. The van der Waals surface area contributed by atoms with Gasteiger partial charge in [0.2, 0.25) is 0 Å². The van der Waals surface area contributed by atoms with Gasteiger partial charge in [0.25, 0.3) is 0 Å². The van der Waals surface area contributed by atoms with Crippen molar-refractivity contribution in [1.82, 2.24) is 5.32 Å². The lowest BCUT2D eigenvalue weighted by Gasteiger charge is -2.32. The maximum absolute atomic E-state index is 11.9. The number of rotatable bonds is 4. The summed E-state index contributed by atoms with van der Waals surface area (Å²) in [4.78, 5) is 11.9. The topological polar surface area (TPSA) is 47.6 Å². The van der Waals surface area contributed by atoms with Crippen LogP contribution in [0.2, 0.25) is 0 Å². The molecule has 0 spiro atoms. The van der Waals surface area contributed by atoms with Crippen LogP contribution in [0.4, 0.5) is 4.79 Å². The van der Waals surface area contributed by atoms with Crippen molar-refractivity contribution < 1.29 is 14.3 Å². The molecule has 4 heteroatoms. The number of amides is 1. The summed E-state index contributed by atoms with van der Waals surface area (Å²) in [7, 11) is 0. The Bertz CT molecular complexity index is 443. The molecule has 1 aromatic rings. The van der Waals surface area contributed by atoms with Gasteiger partial charge in [-0.1, -0.05) is 39.0 Å². The zero-order chi connectivity index (χ0) is 16.1. The Hall–Kier alpha value is -1.71. The number of para-hydroxylation sites is 1. The number of hydrogen-bond acceptors (Lipinski definition) is 3. The first kappa shape index (κ1) is 17.3. The van der Waals surface area contributed by atoms with E-state index in [0.717, 1.165) is 5.75 Å². The highest BCUT2D eigenvalue weighted by atomic mass is 16.6. The fourth-order valence-corrected chi connectivity index (χ4v) is 1.65. The van der Waals surface area contributed by atoms with Crippen LogP contribution in [0.25, 0.3) is 0 Å². The molecule has 1 amide bonds. The summed E-state index contributed by atoms with van der Waals surface area (Å²) in [5.41, 5.74) is -0.640. The number of alkyl carbamates (subject to hydrolysis) is 1. The SMILES string of the molecule is CC(C)(C)OC(=O)N[C@H](COc1ccccc1)C(C)(C)C. The van der Waals surface area contributed by atoms with Gasteiger partial charge in [-0.15, -0.1) is 0 Å². The summed E-state index contributed by atoms with van der Waals surface area (Å²) >= 11 is 0. The molecular formula is C17H27NO3. The molecule has 0 aliphatic rings. The first-order valence-electron chi connectivity index (χ1n) is 7.25. The van der Waals surface area contributed by atoms with Crippen LogP contribution in [-0.2, 0) is 4.74 Å². The lowest BCUT2D eigenvalue weighted by molar-refractivity contribution is 0.0430. The Kier molecular flexibility index (Phi) is 5.64. The van der Waals surface area contributed by atoms with Gasteiger partial charge in [-0.3, -0.25) is 0 Å². The average molecular weight is 293 g/mol. The molecule has 0 unspecified atom stereocenters. The third-order valence-corrected chi connectivity index (χ3v) is 2.90. The molecule has 0 saturated carbocycles. The van der Waals surface area contributed by atoms with Crippen molar-refractivity contribution in [3.05, 3.63) is 30.3 Å². The first-order valence-corrected chi connectivity index (χ1v) is 7.25. The predicted octanol–water partition coefficient (Wildman–Crippen LogP) is 4.00. The van der Waals surface area contributed by atoms with Gasteiger partial charge >= 0.3 is 6.09 Å². The Morgan fingerprint density at radius 1 is 1.10 bits per heavy atom. The molecule has 0 bridgehead atoms. The standard InChI is InChI=1S/C17H27NO3/c1-16(2,3)14(18-15(19)21-17(4,5)6)12-20-13-10-8-7-9-11-13/h7-11,14H,12H2,1-6H3,(H,18,19)/t14-/m1/s1. The second-order valence-corrected chi connectivity index (χ2v) is 7.19. The van der Waals surface area contributed by atoms with Gasteiger partial charge in [0.15, 0.2) is 0 Å². The second kappa shape index (κ2) is 6.83. The van der Waals surface area contributed by atoms with Gasteiger partial charge in [-0.2, -0.15) is 0 Å². The van der Waals surface area contributed by atoms with E-state index < -0.39 is 11.7 Å². The van der Waals surface area contributed by atoms with E-state index in [1.807, 2.05) is 51.1 Å². The average Bonchev–Trinajstić information content (AvgIpc) is 2.32. The molecule has 1 aromatic carbocycles. The number of carbonyl (C=O) groups is 1. The number of ether oxygens (including phenoxy) is 2. The van der Waals surface area contributed by atoms with E-state index in [1.165, 1.54) is 0 Å². The minimum absolute atomic E-state index is 0.133. The zero-order valence-corrected chi connectivity index (χ0v) is 13.9. The molecule has 21 heavy (non-hydrogen) atoms. The Morgan fingerprint density at radius 3 is 2.14 bits per heavy atom. The zero-order valence-electron chi connectivity index (χ0n) is 13.9. The second-order valence-electron chi connectivity index (χ2n) is 7.19. The Labute approximate surface area is 127 Å². The molecule has 118 valence electrons. The first-order chi connectivity index (χ1) is 9.58. The smallest absolute Gasteiger partial charge is 0.408 e. The summed E-state index contributed by atoms with van der Waals surface area (Å²) in [6, 6.07) is 9.42. The molecule has 0 heterocycles. The molecule has 4 nitrogen and oxygen atoms in total. The van der Waals surface area contributed by atoms with E-state index in [9.17, 15) is 4.79 Å². The van der Waals surface area contributed by atoms with Crippen LogP contribution in [-0.4, -0.2) is 24.3 Å². The quantitative estimate of drug-likeness (QED) is 0.912.